The second-order valence-electron chi connectivity index (χ2n) is 5.69. The Kier molecular flexibility index (Phi) is 8.47. The van der Waals surface area contributed by atoms with Crippen molar-refractivity contribution in [3.05, 3.63) is 35.1 Å². The van der Waals surface area contributed by atoms with Gasteiger partial charge in [0, 0.05) is 6.04 Å². The smallest absolute Gasteiger partial charge is 0.123 e. The maximum absolute atomic E-state index is 13.1. The van der Waals surface area contributed by atoms with Crippen molar-refractivity contribution in [2.75, 3.05) is 0 Å². The highest BCUT2D eigenvalue weighted by atomic mass is 19.1. The van der Waals surface area contributed by atoms with Crippen LogP contribution in [0.25, 0.3) is 0 Å². The van der Waals surface area contributed by atoms with Crippen molar-refractivity contribution in [3.8, 4) is 0 Å². The second kappa shape index (κ2) is 9.89. The molecule has 0 amide bonds. The van der Waals surface area contributed by atoms with E-state index in [9.17, 15) is 4.39 Å². The SMILES string of the molecule is CCCCCCCCC(Cc1ccc(F)cc1C)NN. The van der Waals surface area contributed by atoms with Crippen molar-refractivity contribution in [2.24, 2.45) is 5.84 Å². The average molecular weight is 280 g/mol. The molecule has 3 N–H and O–H groups in total. The molecule has 0 bridgehead atoms. The van der Waals surface area contributed by atoms with Gasteiger partial charge in [-0.05, 0) is 43.0 Å². The molecule has 1 aromatic carbocycles. The first-order chi connectivity index (χ1) is 9.67. The fourth-order valence-electron chi connectivity index (χ4n) is 2.57. The molecule has 1 atom stereocenters. The van der Waals surface area contributed by atoms with Crippen LogP contribution < -0.4 is 11.3 Å². The highest BCUT2D eigenvalue weighted by molar-refractivity contribution is 5.27. The maximum atomic E-state index is 13.1. The molecule has 0 fully saturated rings. The van der Waals surface area contributed by atoms with Crippen molar-refractivity contribution < 1.29 is 4.39 Å². The molecule has 0 spiro atoms. The highest BCUT2D eigenvalue weighted by Gasteiger charge is 2.09. The Bertz CT molecular complexity index is 379. The predicted octanol–water partition coefficient (Wildman–Crippen LogP) is 4.26. The third kappa shape index (κ3) is 6.49. The van der Waals surface area contributed by atoms with E-state index in [1.165, 1.54) is 50.2 Å². The monoisotopic (exact) mass is 280 g/mol. The van der Waals surface area contributed by atoms with Crippen molar-refractivity contribution >= 4 is 0 Å². The molecule has 0 radical (unpaired) electrons. The third-order valence-corrected chi connectivity index (χ3v) is 3.91. The van der Waals surface area contributed by atoms with Gasteiger partial charge in [-0.3, -0.25) is 11.3 Å². The van der Waals surface area contributed by atoms with Crippen molar-refractivity contribution in [1.29, 1.82) is 0 Å². The van der Waals surface area contributed by atoms with Crippen LogP contribution in [0.2, 0.25) is 0 Å². The van der Waals surface area contributed by atoms with Gasteiger partial charge in [0.15, 0.2) is 0 Å². The van der Waals surface area contributed by atoms with E-state index < -0.39 is 0 Å². The van der Waals surface area contributed by atoms with Crippen LogP contribution in [0.1, 0.15) is 63.0 Å². The Hall–Kier alpha value is -0.930. The summed E-state index contributed by atoms with van der Waals surface area (Å²) in [6.07, 6.45) is 9.73. The molecule has 0 aliphatic heterocycles. The van der Waals surface area contributed by atoms with E-state index in [4.69, 9.17) is 5.84 Å². The van der Waals surface area contributed by atoms with E-state index in [0.717, 1.165) is 18.4 Å². The Morgan fingerprint density at radius 3 is 2.50 bits per heavy atom. The van der Waals surface area contributed by atoms with Crippen molar-refractivity contribution in [1.82, 2.24) is 5.43 Å². The number of benzene rings is 1. The normalized spacial score (nSPS) is 12.6. The largest absolute Gasteiger partial charge is 0.271 e. The quantitative estimate of drug-likeness (QED) is 0.382. The zero-order chi connectivity index (χ0) is 14.8. The van der Waals surface area contributed by atoms with Crippen molar-refractivity contribution in [3.63, 3.8) is 0 Å². The van der Waals surface area contributed by atoms with Crippen LogP contribution in [0.15, 0.2) is 18.2 Å². The van der Waals surface area contributed by atoms with E-state index >= 15 is 0 Å². The van der Waals surface area contributed by atoms with E-state index in [1.54, 1.807) is 6.07 Å². The lowest BCUT2D eigenvalue weighted by molar-refractivity contribution is 0.458. The Morgan fingerprint density at radius 1 is 1.15 bits per heavy atom. The number of halogens is 1. The summed E-state index contributed by atoms with van der Waals surface area (Å²) in [5.41, 5.74) is 5.09. The molecule has 2 nitrogen and oxygen atoms in total. The number of nitrogens with two attached hydrogens (primary N) is 1. The lowest BCUT2D eigenvalue weighted by Gasteiger charge is -2.17. The van der Waals surface area contributed by atoms with Crippen LogP contribution in [-0.2, 0) is 6.42 Å². The summed E-state index contributed by atoms with van der Waals surface area (Å²) in [4.78, 5) is 0. The van der Waals surface area contributed by atoms with Gasteiger partial charge in [-0.15, -0.1) is 0 Å². The maximum Gasteiger partial charge on any atom is 0.123 e. The fourth-order valence-corrected chi connectivity index (χ4v) is 2.57. The number of aryl methyl sites for hydroxylation is 1. The number of unbranched alkanes of at least 4 members (excludes halogenated alkanes) is 5. The zero-order valence-corrected chi connectivity index (χ0v) is 12.9. The summed E-state index contributed by atoms with van der Waals surface area (Å²) in [5, 5.41) is 0. The first-order valence-corrected chi connectivity index (χ1v) is 7.88. The molecule has 0 saturated carbocycles. The first kappa shape index (κ1) is 17.1. The van der Waals surface area contributed by atoms with Crippen LogP contribution in [0, 0.1) is 12.7 Å². The summed E-state index contributed by atoms with van der Waals surface area (Å²) in [7, 11) is 0. The van der Waals surface area contributed by atoms with Crippen LogP contribution in [0.3, 0.4) is 0 Å². The number of rotatable bonds is 10. The molecule has 1 aromatic rings. The molecule has 1 rings (SSSR count). The van der Waals surface area contributed by atoms with Gasteiger partial charge >= 0.3 is 0 Å². The zero-order valence-electron chi connectivity index (χ0n) is 12.9. The van der Waals surface area contributed by atoms with Gasteiger partial charge in [-0.25, -0.2) is 4.39 Å². The van der Waals surface area contributed by atoms with Crippen molar-refractivity contribution in [2.45, 2.75) is 71.3 Å². The molecule has 3 heteroatoms. The third-order valence-electron chi connectivity index (χ3n) is 3.91. The topological polar surface area (TPSA) is 38.0 Å². The summed E-state index contributed by atoms with van der Waals surface area (Å²) in [6, 6.07) is 5.27. The number of hydrazine groups is 1. The Labute approximate surface area is 122 Å². The standard InChI is InChI=1S/C17H29FN2/c1-3-4-5-6-7-8-9-17(20-19)13-15-10-11-16(18)12-14(15)2/h10-12,17,20H,3-9,13,19H2,1-2H3. The molecule has 0 saturated heterocycles. The minimum Gasteiger partial charge on any atom is -0.271 e. The molecular formula is C17H29FN2. The summed E-state index contributed by atoms with van der Waals surface area (Å²) < 4.78 is 13.1. The predicted molar refractivity (Wildman–Crippen MR) is 83.9 cm³/mol. The molecule has 0 aliphatic rings. The van der Waals surface area contributed by atoms with Crippen LogP contribution in [0.4, 0.5) is 4.39 Å². The second-order valence-corrected chi connectivity index (χ2v) is 5.69. The van der Waals surface area contributed by atoms with Gasteiger partial charge in [-0.1, -0.05) is 51.5 Å². The Balaban J connectivity index is 2.31. The molecule has 20 heavy (non-hydrogen) atoms. The van der Waals surface area contributed by atoms with Gasteiger partial charge in [0.05, 0.1) is 0 Å². The molecule has 0 aliphatic carbocycles. The van der Waals surface area contributed by atoms with Crippen LogP contribution >= 0.6 is 0 Å². The minimum absolute atomic E-state index is 0.167. The lowest BCUT2D eigenvalue weighted by Crippen LogP contribution is -2.36. The minimum atomic E-state index is -0.167. The first-order valence-electron chi connectivity index (χ1n) is 7.88. The van der Waals surface area contributed by atoms with Crippen LogP contribution in [-0.4, -0.2) is 6.04 Å². The summed E-state index contributed by atoms with van der Waals surface area (Å²) >= 11 is 0. The van der Waals surface area contributed by atoms with E-state index in [1.807, 2.05) is 13.0 Å². The van der Waals surface area contributed by atoms with Gasteiger partial charge in [0.25, 0.3) is 0 Å². The van der Waals surface area contributed by atoms with E-state index in [2.05, 4.69) is 12.3 Å². The summed E-state index contributed by atoms with van der Waals surface area (Å²) in [6.45, 7) is 4.19. The molecule has 0 aromatic heterocycles. The Morgan fingerprint density at radius 2 is 1.85 bits per heavy atom. The number of hydrogen-bond donors (Lipinski definition) is 2. The van der Waals surface area contributed by atoms with E-state index in [0.29, 0.717) is 0 Å². The number of hydrogen-bond acceptors (Lipinski definition) is 2. The molecule has 1 unspecified atom stereocenters. The van der Waals surface area contributed by atoms with Gasteiger partial charge in [0.1, 0.15) is 5.82 Å². The van der Waals surface area contributed by atoms with Gasteiger partial charge in [-0.2, -0.15) is 0 Å². The molecule has 0 heterocycles. The highest BCUT2D eigenvalue weighted by Crippen LogP contribution is 2.15. The summed E-state index contributed by atoms with van der Waals surface area (Å²) in [5.74, 6) is 5.47. The fraction of sp³-hybridized carbons (Fsp3) is 0.647. The van der Waals surface area contributed by atoms with Gasteiger partial charge in [0.2, 0.25) is 0 Å². The molecule has 114 valence electrons. The lowest BCUT2D eigenvalue weighted by atomic mass is 9.97. The van der Waals surface area contributed by atoms with Crippen LogP contribution in [0.5, 0.6) is 0 Å². The number of nitrogens with one attached hydrogen (secondary N) is 1. The molecular weight excluding hydrogens is 251 g/mol. The van der Waals surface area contributed by atoms with Gasteiger partial charge < -0.3 is 0 Å². The van der Waals surface area contributed by atoms with E-state index in [-0.39, 0.29) is 11.9 Å². The average Bonchev–Trinajstić information content (AvgIpc) is 2.43.